The summed E-state index contributed by atoms with van der Waals surface area (Å²) in [5.74, 6) is -0.574. The highest BCUT2D eigenvalue weighted by Gasteiger charge is 2.24. The van der Waals surface area contributed by atoms with Crippen molar-refractivity contribution in [1.82, 2.24) is 4.98 Å². The first-order valence-electron chi connectivity index (χ1n) is 9.10. The van der Waals surface area contributed by atoms with Gasteiger partial charge in [-0.2, -0.15) is 0 Å². The molecule has 0 amide bonds. The summed E-state index contributed by atoms with van der Waals surface area (Å²) in [4.78, 5) is 30.2. The molecule has 0 fully saturated rings. The van der Waals surface area contributed by atoms with E-state index in [2.05, 4.69) is 10.3 Å². The molecule has 1 atom stereocenters. The SMILES string of the molecule is CCOC(=O)c1sc(NC)nc1C(C)c1cccc(C(=O)c2ccccc2)c1. The predicted molar refractivity (Wildman–Crippen MR) is 111 cm³/mol. The molecule has 0 aliphatic carbocycles. The van der Waals surface area contributed by atoms with Crippen LogP contribution in [0.15, 0.2) is 54.6 Å². The molecular formula is C22H22N2O3S. The molecule has 0 radical (unpaired) electrons. The minimum Gasteiger partial charge on any atom is -0.462 e. The van der Waals surface area contributed by atoms with Crippen LogP contribution in [0.25, 0.3) is 0 Å². The number of rotatable bonds is 7. The van der Waals surface area contributed by atoms with Gasteiger partial charge in [0, 0.05) is 24.1 Å². The smallest absolute Gasteiger partial charge is 0.350 e. The van der Waals surface area contributed by atoms with Crippen LogP contribution in [0.3, 0.4) is 0 Å². The standard InChI is InChI=1S/C22H22N2O3S/c1-4-27-21(26)20-18(24-22(23-3)28-20)14(2)16-11-8-12-17(13-16)19(25)15-9-6-5-7-10-15/h5-14H,4H2,1-3H3,(H,23,24). The Morgan fingerprint density at radius 1 is 1.11 bits per heavy atom. The number of carbonyl (C=O) groups excluding carboxylic acids is 2. The fourth-order valence-corrected chi connectivity index (χ4v) is 3.85. The van der Waals surface area contributed by atoms with Crippen LogP contribution in [0.2, 0.25) is 0 Å². The highest BCUT2D eigenvalue weighted by atomic mass is 32.1. The summed E-state index contributed by atoms with van der Waals surface area (Å²) in [6, 6.07) is 16.7. The molecule has 2 aromatic carbocycles. The molecule has 3 aromatic rings. The first-order chi connectivity index (χ1) is 13.5. The van der Waals surface area contributed by atoms with Gasteiger partial charge in [0.25, 0.3) is 0 Å². The molecule has 6 heteroatoms. The van der Waals surface area contributed by atoms with E-state index in [0.717, 1.165) is 5.56 Å². The second-order valence-electron chi connectivity index (χ2n) is 6.25. The molecule has 1 N–H and O–H groups in total. The largest absolute Gasteiger partial charge is 0.462 e. The maximum Gasteiger partial charge on any atom is 0.350 e. The number of thiazole rings is 1. The molecule has 5 nitrogen and oxygen atoms in total. The summed E-state index contributed by atoms with van der Waals surface area (Å²) < 4.78 is 5.18. The number of nitrogens with zero attached hydrogens (tertiary/aromatic N) is 1. The Kier molecular flexibility index (Phi) is 6.21. The Morgan fingerprint density at radius 3 is 2.50 bits per heavy atom. The molecule has 0 spiro atoms. The zero-order chi connectivity index (χ0) is 20.1. The summed E-state index contributed by atoms with van der Waals surface area (Å²) in [7, 11) is 1.77. The fourth-order valence-electron chi connectivity index (χ4n) is 2.94. The molecule has 0 bridgehead atoms. The van der Waals surface area contributed by atoms with E-state index < -0.39 is 0 Å². The van der Waals surface area contributed by atoms with E-state index in [1.807, 2.05) is 43.3 Å². The number of anilines is 1. The lowest BCUT2D eigenvalue weighted by Crippen LogP contribution is -2.09. The second kappa shape index (κ2) is 8.80. The Hall–Kier alpha value is -2.99. The van der Waals surface area contributed by atoms with Gasteiger partial charge in [-0.15, -0.1) is 0 Å². The molecule has 0 aliphatic rings. The molecule has 0 saturated heterocycles. The van der Waals surface area contributed by atoms with Crippen LogP contribution in [0, 0.1) is 0 Å². The lowest BCUT2D eigenvalue weighted by Gasteiger charge is -2.13. The lowest BCUT2D eigenvalue weighted by atomic mass is 9.93. The number of ether oxygens (including phenoxy) is 1. The monoisotopic (exact) mass is 394 g/mol. The summed E-state index contributed by atoms with van der Waals surface area (Å²) in [6.45, 7) is 4.06. The lowest BCUT2D eigenvalue weighted by molar-refractivity contribution is 0.0530. The van der Waals surface area contributed by atoms with Crippen molar-refractivity contribution < 1.29 is 14.3 Å². The normalized spacial score (nSPS) is 11.7. The number of nitrogens with one attached hydrogen (secondary N) is 1. The van der Waals surface area contributed by atoms with Crippen molar-refractivity contribution in [3.05, 3.63) is 81.9 Å². The van der Waals surface area contributed by atoms with Gasteiger partial charge in [-0.25, -0.2) is 9.78 Å². The molecule has 0 aliphatic heterocycles. The molecule has 3 rings (SSSR count). The molecule has 1 aromatic heterocycles. The van der Waals surface area contributed by atoms with Crippen LogP contribution in [-0.2, 0) is 4.74 Å². The number of benzene rings is 2. The van der Waals surface area contributed by atoms with Crippen molar-refractivity contribution in [3.63, 3.8) is 0 Å². The van der Waals surface area contributed by atoms with E-state index in [-0.39, 0.29) is 17.7 Å². The van der Waals surface area contributed by atoms with Crippen molar-refractivity contribution in [3.8, 4) is 0 Å². The number of aromatic nitrogens is 1. The van der Waals surface area contributed by atoms with Crippen molar-refractivity contribution in [2.75, 3.05) is 19.0 Å². The Bertz CT molecular complexity index is 982. The van der Waals surface area contributed by atoms with Gasteiger partial charge < -0.3 is 10.1 Å². The van der Waals surface area contributed by atoms with Crippen molar-refractivity contribution in [1.29, 1.82) is 0 Å². The minimum atomic E-state index is -0.375. The zero-order valence-electron chi connectivity index (χ0n) is 16.1. The minimum absolute atomic E-state index is 0.0329. The van der Waals surface area contributed by atoms with Crippen LogP contribution in [0.5, 0.6) is 0 Å². The van der Waals surface area contributed by atoms with E-state index in [0.29, 0.717) is 33.4 Å². The van der Waals surface area contributed by atoms with E-state index in [1.54, 1.807) is 32.2 Å². The average molecular weight is 394 g/mol. The summed E-state index contributed by atoms with van der Waals surface area (Å²) in [5.41, 5.74) is 2.82. The van der Waals surface area contributed by atoms with Gasteiger partial charge in [0.2, 0.25) is 0 Å². The van der Waals surface area contributed by atoms with Crippen LogP contribution >= 0.6 is 11.3 Å². The van der Waals surface area contributed by atoms with Crippen molar-refractivity contribution >= 4 is 28.2 Å². The van der Waals surface area contributed by atoms with Crippen LogP contribution < -0.4 is 5.32 Å². The van der Waals surface area contributed by atoms with Gasteiger partial charge >= 0.3 is 5.97 Å². The predicted octanol–water partition coefficient (Wildman–Crippen LogP) is 4.74. The number of ketones is 1. The van der Waals surface area contributed by atoms with Crippen LogP contribution in [-0.4, -0.2) is 30.4 Å². The quantitative estimate of drug-likeness (QED) is 0.463. The Labute approximate surface area is 168 Å². The van der Waals surface area contributed by atoms with Crippen molar-refractivity contribution in [2.45, 2.75) is 19.8 Å². The Balaban J connectivity index is 1.95. The number of esters is 1. The third-order valence-corrected chi connectivity index (χ3v) is 5.49. The highest BCUT2D eigenvalue weighted by molar-refractivity contribution is 7.17. The molecule has 28 heavy (non-hydrogen) atoms. The number of hydrogen-bond acceptors (Lipinski definition) is 6. The van der Waals surface area contributed by atoms with E-state index in [1.165, 1.54) is 11.3 Å². The first-order valence-corrected chi connectivity index (χ1v) is 9.92. The summed E-state index contributed by atoms with van der Waals surface area (Å²) >= 11 is 1.27. The molecule has 0 saturated carbocycles. The maximum absolute atomic E-state index is 12.8. The third-order valence-electron chi connectivity index (χ3n) is 4.42. The second-order valence-corrected chi connectivity index (χ2v) is 7.25. The van der Waals surface area contributed by atoms with Gasteiger partial charge in [0.05, 0.1) is 12.3 Å². The topological polar surface area (TPSA) is 68.3 Å². The molecule has 144 valence electrons. The average Bonchev–Trinajstić information content (AvgIpc) is 3.18. The molecule has 1 heterocycles. The van der Waals surface area contributed by atoms with E-state index in [4.69, 9.17) is 4.74 Å². The summed E-state index contributed by atoms with van der Waals surface area (Å²) in [6.07, 6.45) is 0. The van der Waals surface area contributed by atoms with Gasteiger partial charge in [-0.1, -0.05) is 66.8 Å². The maximum atomic E-state index is 12.8. The van der Waals surface area contributed by atoms with E-state index in [9.17, 15) is 9.59 Å². The number of carbonyl (C=O) groups is 2. The molecule has 1 unspecified atom stereocenters. The zero-order valence-corrected chi connectivity index (χ0v) is 16.9. The Morgan fingerprint density at radius 2 is 1.82 bits per heavy atom. The van der Waals surface area contributed by atoms with Gasteiger partial charge in [-0.05, 0) is 18.6 Å². The first kappa shape index (κ1) is 19.8. The summed E-state index contributed by atoms with van der Waals surface area (Å²) in [5, 5.41) is 3.64. The third kappa shape index (κ3) is 4.12. The van der Waals surface area contributed by atoms with Crippen LogP contribution in [0.1, 0.15) is 56.6 Å². The number of hydrogen-bond donors (Lipinski definition) is 1. The van der Waals surface area contributed by atoms with Crippen molar-refractivity contribution in [2.24, 2.45) is 0 Å². The van der Waals surface area contributed by atoms with Gasteiger partial charge in [0.1, 0.15) is 4.88 Å². The van der Waals surface area contributed by atoms with Crippen LogP contribution in [0.4, 0.5) is 5.13 Å². The van der Waals surface area contributed by atoms with E-state index >= 15 is 0 Å². The molecular weight excluding hydrogens is 372 g/mol. The van der Waals surface area contributed by atoms with Gasteiger partial charge in [0.15, 0.2) is 10.9 Å². The highest BCUT2D eigenvalue weighted by Crippen LogP contribution is 2.33. The fraction of sp³-hybridized carbons (Fsp3) is 0.227. The van der Waals surface area contributed by atoms with Gasteiger partial charge in [-0.3, -0.25) is 4.79 Å².